The topological polar surface area (TPSA) is 41.1 Å². The summed E-state index contributed by atoms with van der Waals surface area (Å²) in [4.78, 5) is 11.5. The van der Waals surface area contributed by atoms with E-state index < -0.39 is 0 Å². The molecule has 0 spiro atoms. The highest BCUT2D eigenvalue weighted by atomic mass is 35.5. The van der Waals surface area contributed by atoms with Gasteiger partial charge in [-0.25, -0.2) is 0 Å². The lowest BCUT2D eigenvalue weighted by atomic mass is 10.0. The summed E-state index contributed by atoms with van der Waals surface area (Å²) in [5.41, 5.74) is 6.58. The highest BCUT2D eigenvalue weighted by Gasteiger charge is 2.07. The van der Waals surface area contributed by atoms with Crippen molar-refractivity contribution in [3.63, 3.8) is 0 Å². The molecular formula is C23H23ClN2O. The number of halogens is 1. The first-order valence-electron chi connectivity index (χ1n) is 8.94. The zero-order valence-electron chi connectivity index (χ0n) is 15.6. The molecular weight excluding hydrogens is 356 g/mol. The molecule has 0 saturated carbocycles. The van der Waals surface area contributed by atoms with Crippen molar-refractivity contribution in [3.8, 4) is 0 Å². The number of hydrogen-bond acceptors (Lipinski definition) is 2. The molecule has 1 amide bonds. The molecule has 0 heterocycles. The Labute approximate surface area is 165 Å². The second kappa shape index (κ2) is 8.74. The summed E-state index contributed by atoms with van der Waals surface area (Å²) in [6.07, 6.45) is 0.826. The van der Waals surface area contributed by atoms with Crippen LogP contribution in [0.25, 0.3) is 0 Å². The number of carbonyl (C=O) groups excluding carboxylic acids is 1. The predicted octanol–water partition coefficient (Wildman–Crippen LogP) is 5.81. The maximum absolute atomic E-state index is 11.5. The smallest absolute Gasteiger partial charge is 0.221 e. The van der Waals surface area contributed by atoms with Crippen LogP contribution < -0.4 is 10.6 Å². The summed E-state index contributed by atoms with van der Waals surface area (Å²) < 4.78 is 0. The van der Waals surface area contributed by atoms with Gasteiger partial charge < -0.3 is 10.6 Å². The monoisotopic (exact) mass is 378 g/mol. The van der Waals surface area contributed by atoms with Crippen molar-refractivity contribution >= 4 is 28.9 Å². The fraction of sp³-hybridized carbons (Fsp3) is 0.174. The molecule has 0 aliphatic heterocycles. The van der Waals surface area contributed by atoms with Crippen molar-refractivity contribution in [1.29, 1.82) is 0 Å². The molecule has 0 aromatic heterocycles. The first-order valence-corrected chi connectivity index (χ1v) is 9.32. The molecule has 0 saturated heterocycles. The van der Waals surface area contributed by atoms with Gasteiger partial charge in [-0.1, -0.05) is 59.6 Å². The number of anilines is 2. The zero-order valence-corrected chi connectivity index (χ0v) is 16.3. The lowest BCUT2D eigenvalue weighted by Crippen LogP contribution is -2.11. The van der Waals surface area contributed by atoms with Gasteiger partial charge in [-0.05, 0) is 54.3 Å². The predicted molar refractivity (Wildman–Crippen MR) is 114 cm³/mol. The third-order valence-electron chi connectivity index (χ3n) is 4.37. The number of benzene rings is 3. The molecule has 0 fully saturated rings. The zero-order chi connectivity index (χ0) is 19.2. The van der Waals surface area contributed by atoms with Crippen LogP contribution in [0.1, 0.15) is 29.2 Å². The van der Waals surface area contributed by atoms with Crippen LogP contribution in [0.4, 0.5) is 11.4 Å². The molecule has 0 atom stereocenters. The Morgan fingerprint density at radius 3 is 2.41 bits per heavy atom. The molecule has 138 valence electrons. The second-order valence-corrected chi connectivity index (χ2v) is 7.09. The third-order valence-corrected chi connectivity index (χ3v) is 4.62. The quantitative estimate of drug-likeness (QED) is 0.568. The number of hydrogen-bond donors (Lipinski definition) is 2. The van der Waals surface area contributed by atoms with Gasteiger partial charge in [0.1, 0.15) is 0 Å². The van der Waals surface area contributed by atoms with E-state index in [1.807, 2.05) is 36.4 Å². The van der Waals surface area contributed by atoms with Gasteiger partial charge in [0.15, 0.2) is 0 Å². The number of nitrogens with one attached hydrogen (secondary N) is 2. The first-order chi connectivity index (χ1) is 13.0. The van der Waals surface area contributed by atoms with E-state index in [1.54, 1.807) is 0 Å². The highest BCUT2D eigenvalue weighted by Crippen LogP contribution is 2.23. The molecule has 3 aromatic carbocycles. The van der Waals surface area contributed by atoms with E-state index in [0.717, 1.165) is 33.9 Å². The molecule has 3 nitrogen and oxygen atoms in total. The lowest BCUT2D eigenvalue weighted by Gasteiger charge is -2.15. The Hall–Kier alpha value is -2.78. The minimum atomic E-state index is -0.0664. The van der Waals surface area contributed by atoms with Crippen LogP contribution in [0.5, 0.6) is 0 Å². The van der Waals surface area contributed by atoms with Gasteiger partial charge in [0.05, 0.1) is 0 Å². The Morgan fingerprint density at radius 1 is 0.926 bits per heavy atom. The summed E-state index contributed by atoms with van der Waals surface area (Å²) in [5, 5.41) is 7.18. The number of aryl methyl sites for hydroxylation is 1. The van der Waals surface area contributed by atoms with Crippen LogP contribution in [-0.4, -0.2) is 5.91 Å². The van der Waals surface area contributed by atoms with Gasteiger partial charge in [-0.15, -0.1) is 0 Å². The normalized spacial score (nSPS) is 10.5. The molecule has 0 aliphatic rings. The van der Waals surface area contributed by atoms with Crippen LogP contribution >= 0.6 is 11.6 Å². The van der Waals surface area contributed by atoms with Gasteiger partial charge in [0.2, 0.25) is 5.91 Å². The third kappa shape index (κ3) is 5.35. The maximum atomic E-state index is 11.5. The molecule has 0 bridgehead atoms. The SMILES string of the molecule is CC(=O)Nc1ccc(C)cc1CNc1ccccc1Cc1ccc(Cl)cc1. The van der Waals surface area contributed by atoms with Crippen LogP contribution in [0.3, 0.4) is 0 Å². The van der Waals surface area contributed by atoms with Crippen molar-refractivity contribution in [2.45, 2.75) is 26.8 Å². The summed E-state index contributed by atoms with van der Waals surface area (Å²) in [6.45, 7) is 4.21. The molecule has 0 radical (unpaired) electrons. The Kier molecular flexibility index (Phi) is 6.15. The second-order valence-electron chi connectivity index (χ2n) is 6.66. The maximum Gasteiger partial charge on any atom is 0.221 e. The van der Waals surface area contributed by atoms with Crippen LogP contribution in [0, 0.1) is 6.92 Å². The first kappa shape index (κ1) is 19.0. The van der Waals surface area contributed by atoms with Crippen molar-refractivity contribution in [2.24, 2.45) is 0 Å². The van der Waals surface area contributed by atoms with E-state index in [2.05, 4.69) is 47.9 Å². The largest absolute Gasteiger partial charge is 0.381 e. The van der Waals surface area contributed by atoms with Gasteiger partial charge in [-0.3, -0.25) is 4.79 Å². The highest BCUT2D eigenvalue weighted by molar-refractivity contribution is 6.30. The standard InChI is InChI=1S/C23H23ClN2O/c1-16-7-12-23(26-17(2)27)20(13-16)15-25-22-6-4-3-5-19(22)14-18-8-10-21(24)11-9-18/h3-13,25H,14-15H2,1-2H3,(H,26,27). The van der Waals surface area contributed by atoms with E-state index in [1.165, 1.54) is 18.1 Å². The fourth-order valence-electron chi connectivity index (χ4n) is 3.04. The number of para-hydroxylation sites is 1. The Balaban J connectivity index is 1.78. The molecule has 0 aliphatic carbocycles. The van der Waals surface area contributed by atoms with Crippen LogP contribution in [-0.2, 0) is 17.8 Å². The van der Waals surface area contributed by atoms with E-state index in [-0.39, 0.29) is 5.91 Å². The van der Waals surface area contributed by atoms with Gasteiger partial charge >= 0.3 is 0 Å². The summed E-state index contributed by atoms with van der Waals surface area (Å²) in [6, 6.07) is 22.3. The van der Waals surface area contributed by atoms with Crippen molar-refractivity contribution in [1.82, 2.24) is 0 Å². The fourth-order valence-corrected chi connectivity index (χ4v) is 3.17. The minimum Gasteiger partial charge on any atom is -0.381 e. The van der Waals surface area contributed by atoms with E-state index in [0.29, 0.717) is 6.54 Å². The van der Waals surface area contributed by atoms with Crippen LogP contribution in [0.15, 0.2) is 66.7 Å². The average Bonchev–Trinajstić information content (AvgIpc) is 2.64. The summed E-state index contributed by atoms with van der Waals surface area (Å²) >= 11 is 5.98. The van der Waals surface area contributed by atoms with E-state index >= 15 is 0 Å². The van der Waals surface area contributed by atoms with Gasteiger partial charge in [0.25, 0.3) is 0 Å². The molecule has 0 unspecified atom stereocenters. The summed E-state index contributed by atoms with van der Waals surface area (Å²) in [5.74, 6) is -0.0664. The molecule has 4 heteroatoms. The molecule has 3 rings (SSSR count). The number of rotatable bonds is 6. The molecule has 27 heavy (non-hydrogen) atoms. The molecule has 3 aromatic rings. The van der Waals surface area contributed by atoms with Crippen molar-refractivity contribution < 1.29 is 4.79 Å². The lowest BCUT2D eigenvalue weighted by molar-refractivity contribution is -0.114. The van der Waals surface area contributed by atoms with E-state index in [4.69, 9.17) is 11.6 Å². The minimum absolute atomic E-state index is 0.0664. The number of amides is 1. The van der Waals surface area contributed by atoms with Crippen LogP contribution in [0.2, 0.25) is 5.02 Å². The molecule has 2 N–H and O–H groups in total. The Morgan fingerprint density at radius 2 is 1.67 bits per heavy atom. The number of carbonyl (C=O) groups is 1. The van der Waals surface area contributed by atoms with E-state index in [9.17, 15) is 4.79 Å². The Bertz CT molecular complexity index is 935. The summed E-state index contributed by atoms with van der Waals surface area (Å²) in [7, 11) is 0. The average molecular weight is 379 g/mol. The van der Waals surface area contributed by atoms with Gasteiger partial charge in [-0.2, -0.15) is 0 Å². The van der Waals surface area contributed by atoms with Crippen molar-refractivity contribution in [3.05, 3.63) is 94.0 Å². The van der Waals surface area contributed by atoms with Crippen molar-refractivity contribution in [2.75, 3.05) is 10.6 Å². The van der Waals surface area contributed by atoms with Gasteiger partial charge in [0, 0.05) is 29.9 Å².